The number of carbonyl (C=O) groups is 3. The SMILES string of the molecule is O=C(C1CCN(C(=O)C2CC(=O)N(C3CCCC3)C2)CC1)N1CCOCC1. The van der Waals surface area contributed by atoms with E-state index in [-0.39, 0.29) is 29.6 Å². The van der Waals surface area contributed by atoms with E-state index < -0.39 is 0 Å². The van der Waals surface area contributed by atoms with Gasteiger partial charge in [-0.2, -0.15) is 0 Å². The molecule has 7 nitrogen and oxygen atoms in total. The van der Waals surface area contributed by atoms with Gasteiger partial charge >= 0.3 is 0 Å². The van der Waals surface area contributed by atoms with Gasteiger partial charge in [0, 0.05) is 51.1 Å². The van der Waals surface area contributed by atoms with Crippen LogP contribution in [0.2, 0.25) is 0 Å². The van der Waals surface area contributed by atoms with Gasteiger partial charge in [-0.3, -0.25) is 14.4 Å². The first-order valence-electron chi connectivity index (χ1n) is 10.6. The first-order valence-corrected chi connectivity index (χ1v) is 10.6. The Kier molecular flexibility index (Phi) is 5.66. The second-order valence-corrected chi connectivity index (χ2v) is 8.42. The molecule has 7 heteroatoms. The van der Waals surface area contributed by atoms with Crippen molar-refractivity contribution in [3.05, 3.63) is 0 Å². The topological polar surface area (TPSA) is 70.2 Å². The highest BCUT2D eigenvalue weighted by Crippen LogP contribution is 2.31. The van der Waals surface area contributed by atoms with Crippen molar-refractivity contribution in [1.82, 2.24) is 14.7 Å². The number of piperidine rings is 1. The lowest BCUT2D eigenvalue weighted by Crippen LogP contribution is -2.48. The van der Waals surface area contributed by atoms with Crippen LogP contribution in [0.1, 0.15) is 44.9 Å². The van der Waals surface area contributed by atoms with Crippen LogP contribution in [0.5, 0.6) is 0 Å². The maximum absolute atomic E-state index is 12.9. The van der Waals surface area contributed by atoms with Crippen molar-refractivity contribution >= 4 is 17.7 Å². The van der Waals surface area contributed by atoms with Gasteiger partial charge in [0.2, 0.25) is 17.7 Å². The van der Waals surface area contributed by atoms with E-state index in [4.69, 9.17) is 4.74 Å². The van der Waals surface area contributed by atoms with E-state index in [9.17, 15) is 14.4 Å². The summed E-state index contributed by atoms with van der Waals surface area (Å²) in [4.78, 5) is 43.7. The molecule has 0 aromatic rings. The quantitative estimate of drug-likeness (QED) is 0.732. The van der Waals surface area contributed by atoms with Crippen molar-refractivity contribution in [2.24, 2.45) is 11.8 Å². The number of hydrogen-bond donors (Lipinski definition) is 0. The molecule has 3 heterocycles. The number of hydrogen-bond acceptors (Lipinski definition) is 4. The van der Waals surface area contributed by atoms with E-state index in [1.807, 2.05) is 14.7 Å². The van der Waals surface area contributed by atoms with E-state index in [1.165, 1.54) is 12.8 Å². The highest BCUT2D eigenvalue weighted by Gasteiger charge is 2.41. The zero-order chi connectivity index (χ0) is 18.8. The fourth-order valence-corrected chi connectivity index (χ4v) is 5.11. The average molecular weight is 377 g/mol. The fourth-order valence-electron chi connectivity index (χ4n) is 5.11. The second kappa shape index (κ2) is 8.17. The third kappa shape index (κ3) is 3.98. The van der Waals surface area contributed by atoms with Gasteiger partial charge in [0.1, 0.15) is 0 Å². The number of ether oxygens (including phenoxy) is 1. The largest absolute Gasteiger partial charge is 0.378 e. The van der Waals surface area contributed by atoms with Crippen molar-refractivity contribution in [2.45, 2.75) is 51.0 Å². The highest BCUT2D eigenvalue weighted by molar-refractivity contribution is 5.89. The summed E-state index contributed by atoms with van der Waals surface area (Å²) < 4.78 is 5.32. The highest BCUT2D eigenvalue weighted by atomic mass is 16.5. The predicted molar refractivity (Wildman–Crippen MR) is 98.8 cm³/mol. The molecule has 27 heavy (non-hydrogen) atoms. The zero-order valence-corrected chi connectivity index (χ0v) is 16.1. The van der Waals surface area contributed by atoms with Crippen LogP contribution in [-0.4, -0.2) is 84.4 Å². The molecular formula is C20H31N3O4. The Labute approximate surface area is 161 Å². The van der Waals surface area contributed by atoms with Gasteiger partial charge in [0.15, 0.2) is 0 Å². The van der Waals surface area contributed by atoms with Crippen molar-refractivity contribution in [1.29, 1.82) is 0 Å². The van der Waals surface area contributed by atoms with Gasteiger partial charge in [-0.15, -0.1) is 0 Å². The van der Waals surface area contributed by atoms with Crippen LogP contribution in [0.25, 0.3) is 0 Å². The van der Waals surface area contributed by atoms with Crippen LogP contribution < -0.4 is 0 Å². The summed E-state index contributed by atoms with van der Waals surface area (Å²) in [5.74, 6) is 0.310. The minimum absolute atomic E-state index is 0.0207. The molecule has 4 aliphatic rings. The molecule has 1 saturated carbocycles. The third-order valence-corrected chi connectivity index (χ3v) is 6.75. The van der Waals surface area contributed by atoms with E-state index in [0.717, 1.165) is 25.7 Å². The number of amides is 3. The van der Waals surface area contributed by atoms with Crippen molar-refractivity contribution in [3.63, 3.8) is 0 Å². The monoisotopic (exact) mass is 377 g/mol. The van der Waals surface area contributed by atoms with Gasteiger partial charge in [0.05, 0.1) is 19.1 Å². The Balaban J connectivity index is 1.27. The van der Waals surface area contributed by atoms with Crippen LogP contribution in [-0.2, 0) is 19.1 Å². The summed E-state index contributed by atoms with van der Waals surface area (Å²) in [5, 5.41) is 0. The first-order chi connectivity index (χ1) is 13.1. The summed E-state index contributed by atoms with van der Waals surface area (Å²) in [6.45, 7) is 4.46. The Hall–Kier alpha value is -1.63. The van der Waals surface area contributed by atoms with Gasteiger partial charge < -0.3 is 19.4 Å². The Morgan fingerprint density at radius 2 is 1.41 bits per heavy atom. The van der Waals surface area contributed by atoms with Crippen LogP contribution in [0.3, 0.4) is 0 Å². The number of rotatable bonds is 3. The van der Waals surface area contributed by atoms with E-state index in [1.54, 1.807) is 0 Å². The molecule has 0 bridgehead atoms. The molecule has 3 aliphatic heterocycles. The summed E-state index contributed by atoms with van der Waals surface area (Å²) in [6, 6.07) is 0.354. The summed E-state index contributed by atoms with van der Waals surface area (Å²) in [6.07, 6.45) is 6.38. The molecule has 1 aliphatic carbocycles. The smallest absolute Gasteiger partial charge is 0.227 e. The number of nitrogens with zero attached hydrogens (tertiary/aromatic N) is 3. The maximum atomic E-state index is 12.9. The summed E-state index contributed by atoms with van der Waals surface area (Å²) >= 11 is 0. The van der Waals surface area contributed by atoms with Gasteiger partial charge in [-0.1, -0.05) is 12.8 Å². The molecule has 1 unspecified atom stereocenters. The molecular weight excluding hydrogens is 346 g/mol. The molecule has 0 N–H and O–H groups in total. The Bertz CT molecular complexity index is 576. The minimum atomic E-state index is -0.190. The molecule has 3 saturated heterocycles. The third-order valence-electron chi connectivity index (χ3n) is 6.75. The molecule has 0 aromatic carbocycles. The molecule has 4 fully saturated rings. The molecule has 3 amide bonds. The van der Waals surface area contributed by atoms with Crippen LogP contribution >= 0.6 is 0 Å². The second-order valence-electron chi connectivity index (χ2n) is 8.42. The Morgan fingerprint density at radius 1 is 0.815 bits per heavy atom. The van der Waals surface area contributed by atoms with Gasteiger partial charge in [-0.25, -0.2) is 0 Å². The number of carbonyl (C=O) groups excluding carboxylic acids is 3. The van der Waals surface area contributed by atoms with Crippen molar-refractivity contribution < 1.29 is 19.1 Å². The lowest BCUT2D eigenvalue weighted by Gasteiger charge is -2.36. The fraction of sp³-hybridized carbons (Fsp3) is 0.850. The maximum Gasteiger partial charge on any atom is 0.227 e. The minimum Gasteiger partial charge on any atom is -0.378 e. The molecule has 0 radical (unpaired) electrons. The first kappa shape index (κ1) is 18.7. The number of morpholine rings is 1. The van der Waals surface area contributed by atoms with Crippen LogP contribution in [0.15, 0.2) is 0 Å². The molecule has 150 valence electrons. The van der Waals surface area contributed by atoms with Crippen LogP contribution in [0, 0.1) is 11.8 Å². The van der Waals surface area contributed by atoms with Crippen molar-refractivity contribution in [3.8, 4) is 0 Å². The van der Waals surface area contributed by atoms with Crippen LogP contribution in [0.4, 0.5) is 0 Å². The predicted octanol–water partition coefficient (Wildman–Crippen LogP) is 0.875. The molecule has 4 rings (SSSR count). The normalized spacial score (nSPS) is 28.2. The van der Waals surface area contributed by atoms with Gasteiger partial charge in [0.25, 0.3) is 0 Å². The van der Waals surface area contributed by atoms with E-state index in [2.05, 4.69) is 0 Å². The van der Waals surface area contributed by atoms with E-state index in [0.29, 0.717) is 58.4 Å². The zero-order valence-electron chi connectivity index (χ0n) is 16.1. The molecule has 1 atom stereocenters. The lowest BCUT2D eigenvalue weighted by molar-refractivity contribution is -0.144. The summed E-state index contributed by atoms with van der Waals surface area (Å²) in [7, 11) is 0. The number of likely N-dealkylation sites (tertiary alicyclic amines) is 2. The van der Waals surface area contributed by atoms with E-state index >= 15 is 0 Å². The average Bonchev–Trinajstić information content (AvgIpc) is 3.37. The summed E-state index contributed by atoms with van der Waals surface area (Å²) in [5.41, 5.74) is 0. The lowest BCUT2D eigenvalue weighted by atomic mass is 9.94. The molecule has 0 aromatic heterocycles. The molecule has 0 spiro atoms. The van der Waals surface area contributed by atoms with Gasteiger partial charge in [-0.05, 0) is 25.7 Å². The van der Waals surface area contributed by atoms with Crippen molar-refractivity contribution in [2.75, 3.05) is 45.9 Å². The Morgan fingerprint density at radius 3 is 2.07 bits per heavy atom. The standard InChI is InChI=1S/C20H31N3O4/c24-18-13-16(14-23(18)17-3-1-2-4-17)20(26)21-7-5-15(6-8-21)19(25)22-9-11-27-12-10-22/h15-17H,1-14H2.